The van der Waals surface area contributed by atoms with Gasteiger partial charge in [0.25, 0.3) is 0 Å². The number of nitrogens with one attached hydrogen (secondary N) is 1. The summed E-state index contributed by atoms with van der Waals surface area (Å²) in [6.45, 7) is 5.10. The van der Waals surface area contributed by atoms with Gasteiger partial charge >= 0.3 is 0 Å². The molecule has 0 atom stereocenters. The first-order valence-electron chi connectivity index (χ1n) is 10.1. The number of aryl methyl sites for hydroxylation is 1. The van der Waals surface area contributed by atoms with Gasteiger partial charge in [0.1, 0.15) is 5.65 Å². The standard InChI is InChI=1S/C21H30N4O/c1-16-6-5-11-25-19(14-22-20(16)25)15-24-12-9-18(10-13-24)23-21(26)17-7-3-2-4-8-17/h5-6,11,14,17-18H,2-4,7-10,12-13,15H2,1H3,(H,23,26). The lowest BCUT2D eigenvalue weighted by molar-refractivity contribution is -0.127. The van der Waals surface area contributed by atoms with Crippen LogP contribution in [0.2, 0.25) is 0 Å². The molecule has 2 aliphatic rings. The fourth-order valence-corrected chi connectivity index (χ4v) is 4.47. The minimum absolute atomic E-state index is 0.267. The van der Waals surface area contributed by atoms with Crippen LogP contribution in [0.5, 0.6) is 0 Å². The highest BCUT2D eigenvalue weighted by Crippen LogP contribution is 2.24. The van der Waals surface area contributed by atoms with E-state index in [0.29, 0.717) is 11.9 Å². The van der Waals surface area contributed by atoms with Crippen LogP contribution < -0.4 is 5.32 Å². The molecule has 4 rings (SSSR count). The molecule has 1 N–H and O–H groups in total. The van der Waals surface area contributed by atoms with E-state index < -0.39 is 0 Å². The zero-order valence-corrected chi connectivity index (χ0v) is 15.8. The first-order chi connectivity index (χ1) is 12.7. The number of likely N-dealkylation sites (tertiary alicyclic amines) is 1. The van der Waals surface area contributed by atoms with Crippen molar-refractivity contribution in [3.63, 3.8) is 0 Å². The van der Waals surface area contributed by atoms with E-state index in [0.717, 1.165) is 51.0 Å². The number of fused-ring (bicyclic) bond motifs is 1. The Labute approximate surface area is 155 Å². The molecule has 26 heavy (non-hydrogen) atoms. The number of carbonyl (C=O) groups excluding carboxylic acids is 1. The molecular weight excluding hydrogens is 324 g/mol. The van der Waals surface area contributed by atoms with Crippen LogP contribution in [0, 0.1) is 12.8 Å². The highest BCUT2D eigenvalue weighted by Gasteiger charge is 2.26. The quantitative estimate of drug-likeness (QED) is 0.916. The summed E-state index contributed by atoms with van der Waals surface area (Å²) in [5, 5.41) is 3.32. The summed E-state index contributed by atoms with van der Waals surface area (Å²) in [5.41, 5.74) is 3.51. The lowest BCUT2D eigenvalue weighted by Gasteiger charge is -2.33. The Balaban J connectivity index is 1.29. The summed E-state index contributed by atoms with van der Waals surface area (Å²) < 4.78 is 2.20. The summed E-state index contributed by atoms with van der Waals surface area (Å²) in [6.07, 6.45) is 12.1. The highest BCUT2D eigenvalue weighted by molar-refractivity contribution is 5.79. The van der Waals surface area contributed by atoms with Crippen LogP contribution in [0.15, 0.2) is 24.5 Å². The van der Waals surface area contributed by atoms with Crippen molar-refractivity contribution in [1.82, 2.24) is 19.6 Å². The molecule has 1 aliphatic carbocycles. The number of piperidine rings is 1. The Bertz CT molecular complexity index is 754. The number of hydrogen-bond acceptors (Lipinski definition) is 3. The van der Waals surface area contributed by atoms with E-state index in [-0.39, 0.29) is 5.92 Å². The third-order valence-electron chi connectivity index (χ3n) is 6.10. The SMILES string of the molecule is Cc1cccn2c(CN3CCC(NC(=O)C4CCCCC4)CC3)cnc12. The number of pyridine rings is 1. The van der Waals surface area contributed by atoms with E-state index in [1.165, 1.54) is 30.5 Å². The molecule has 2 aromatic heterocycles. The van der Waals surface area contributed by atoms with Crippen LogP contribution >= 0.6 is 0 Å². The maximum absolute atomic E-state index is 12.4. The van der Waals surface area contributed by atoms with Crippen LogP contribution in [-0.4, -0.2) is 39.3 Å². The molecule has 1 saturated carbocycles. The third kappa shape index (κ3) is 3.78. The van der Waals surface area contributed by atoms with Crippen LogP contribution in [0.1, 0.15) is 56.2 Å². The number of amides is 1. The molecule has 5 heteroatoms. The van der Waals surface area contributed by atoms with Gasteiger partial charge in [0.15, 0.2) is 0 Å². The van der Waals surface area contributed by atoms with Gasteiger partial charge in [-0.15, -0.1) is 0 Å². The lowest BCUT2D eigenvalue weighted by Crippen LogP contribution is -2.46. The molecule has 3 heterocycles. The first-order valence-corrected chi connectivity index (χ1v) is 10.1. The van der Waals surface area contributed by atoms with Crippen LogP contribution in [0.25, 0.3) is 5.65 Å². The largest absolute Gasteiger partial charge is 0.353 e. The number of aromatic nitrogens is 2. The average molecular weight is 354 g/mol. The van der Waals surface area contributed by atoms with Crippen molar-refractivity contribution in [2.24, 2.45) is 5.92 Å². The second-order valence-electron chi connectivity index (χ2n) is 8.03. The monoisotopic (exact) mass is 354 g/mol. The second kappa shape index (κ2) is 7.78. The van der Waals surface area contributed by atoms with Gasteiger partial charge in [0, 0.05) is 37.8 Å². The number of hydrogen-bond donors (Lipinski definition) is 1. The molecule has 2 aromatic rings. The summed E-state index contributed by atoms with van der Waals surface area (Å²) in [6, 6.07) is 4.54. The van der Waals surface area contributed by atoms with Crippen molar-refractivity contribution in [1.29, 1.82) is 0 Å². The summed E-state index contributed by atoms with van der Waals surface area (Å²) >= 11 is 0. The Hall–Kier alpha value is -1.88. The molecule has 1 aliphatic heterocycles. The smallest absolute Gasteiger partial charge is 0.223 e. The maximum atomic E-state index is 12.4. The fraction of sp³-hybridized carbons (Fsp3) is 0.619. The number of carbonyl (C=O) groups is 1. The minimum atomic E-state index is 0.267. The van der Waals surface area contributed by atoms with Crippen LogP contribution in [0.4, 0.5) is 0 Å². The van der Waals surface area contributed by atoms with Gasteiger partial charge in [-0.25, -0.2) is 4.98 Å². The highest BCUT2D eigenvalue weighted by atomic mass is 16.1. The molecule has 0 aromatic carbocycles. The van der Waals surface area contributed by atoms with Gasteiger partial charge in [-0.1, -0.05) is 25.3 Å². The predicted molar refractivity (Wildman–Crippen MR) is 103 cm³/mol. The van der Waals surface area contributed by atoms with E-state index >= 15 is 0 Å². The molecule has 0 radical (unpaired) electrons. The zero-order chi connectivity index (χ0) is 17.9. The van der Waals surface area contributed by atoms with Gasteiger partial charge in [0.05, 0.1) is 11.9 Å². The van der Waals surface area contributed by atoms with E-state index in [1.54, 1.807) is 0 Å². The van der Waals surface area contributed by atoms with Crippen LogP contribution in [-0.2, 0) is 11.3 Å². The van der Waals surface area contributed by atoms with Crippen LogP contribution in [0.3, 0.4) is 0 Å². The number of imidazole rings is 1. The average Bonchev–Trinajstić information content (AvgIpc) is 3.08. The van der Waals surface area contributed by atoms with Crippen molar-refractivity contribution in [3.8, 4) is 0 Å². The Morgan fingerprint density at radius 2 is 1.96 bits per heavy atom. The van der Waals surface area contributed by atoms with Crippen molar-refractivity contribution < 1.29 is 4.79 Å². The van der Waals surface area contributed by atoms with E-state index in [1.807, 2.05) is 6.20 Å². The Morgan fingerprint density at radius 1 is 1.19 bits per heavy atom. The molecule has 0 spiro atoms. The first kappa shape index (κ1) is 17.5. The topological polar surface area (TPSA) is 49.6 Å². The van der Waals surface area contributed by atoms with Crippen molar-refractivity contribution in [3.05, 3.63) is 35.8 Å². The molecular formula is C21H30N4O. The van der Waals surface area contributed by atoms with Crippen molar-refractivity contribution >= 4 is 11.6 Å². The molecule has 1 amide bonds. The predicted octanol–water partition coefficient (Wildman–Crippen LogP) is 3.30. The Morgan fingerprint density at radius 3 is 2.73 bits per heavy atom. The van der Waals surface area contributed by atoms with Gasteiger partial charge in [-0.3, -0.25) is 9.69 Å². The summed E-state index contributed by atoms with van der Waals surface area (Å²) in [4.78, 5) is 19.5. The van der Waals surface area contributed by atoms with Gasteiger partial charge < -0.3 is 9.72 Å². The molecule has 0 unspecified atom stereocenters. The molecule has 2 fully saturated rings. The molecule has 140 valence electrons. The second-order valence-corrected chi connectivity index (χ2v) is 8.03. The number of rotatable bonds is 4. The Kier molecular flexibility index (Phi) is 5.25. The molecule has 1 saturated heterocycles. The van der Waals surface area contributed by atoms with Gasteiger partial charge in [-0.2, -0.15) is 0 Å². The van der Waals surface area contributed by atoms with Gasteiger partial charge in [-0.05, 0) is 44.2 Å². The zero-order valence-electron chi connectivity index (χ0n) is 15.8. The maximum Gasteiger partial charge on any atom is 0.223 e. The minimum Gasteiger partial charge on any atom is -0.353 e. The lowest BCUT2D eigenvalue weighted by atomic mass is 9.88. The summed E-state index contributed by atoms with van der Waals surface area (Å²) in [7, 11) is 0. The summed E-state index contributed by atoms with van der Waals surface area (Å²) in [5.74, 6) is 0.573. The third-order valence-corrected chi connectivity index (χ3v) is 6.10. The fourth-order valence-electron chi connectivity index (χ4n) is 4.47. The normalized spacial score (nSPS) is 20.5. The van der Waals surface area contributed by atoms with Crippen molar-refractivity contribution in [2.45, 2.75) is 64.5 Å². The van der Waals surface area contributed by atoms with Gasteiger partial charge in [0.2, 0.25) is 5.91 Å². The van der Waals surface area contributed by atoms with E-state index in [4.69, 9.17) is 0 Å². The van der Waals surface area contributed by atoms with E-state index in [2.05, 4.69) is 44.9 Å². The molecule has 5 nitrogen and oxygen atoms in total. The van der Waals surface area contributed by atoms with Crippen molar-refractivity contribution in [2.75, 3.05) is 13.1 Å². The molecule has 0 bridgehead atoms. The number of nitrogens with zero attached hydrogens (tertiary/aromatic N) is 3. The van der Waals surface area contributed by atoms with E-state index in [9.17, 15) is 4.79 Å².